The van der Waals surface area contributed by atoms with Gasteiger partial charge in [0.25, 0.3) is 0 Å². The Kier molecular flexibility index (Phi) is 6.91. The number of rotatable bonds is 8. The van der Waals surface area contributed by atoms with E-state index in [9.17, 15) is 0 Å². The molecule has 1 saturated carbocycles. The van der Waals surface area contributed by atoms with Crippen LogP contribution in [0.25, 0.3) is 0 Å². The molecule has 0 atom stereocenters. The average Bonchev–Trinajstić information content (AvgIpc) is 2.56. The van der Waals surface area contributed by atoms with E-state index in [1.54, 1.807) is 7.11 Å². The van der Waals surface area contributed by atoms with E-state index >= 15 is 0 Å². The van der Waals surface area contributed by atoms with Gasteiger partial charge in [0.15, 0.2) is 5.96 Å². The molecule has 5 nitrogen and oxygen atoms in total. The van der Waals surface area contributed by atoms with Crippen molar-refractivity contribution >= 4 is 11.6 Å². The molecule has 0 heterocycles. The van der Waals surface area contributed by atoms with Crippen LogP contribution in [0.2, 0.25) is 0 Å². The van der Waals surface area contributed by atoms with Crippen LogP contribution in [0.3, 0.4) is 0 Å². The molecule has 134 valence electrons. The quantitative estimate of drug-likeness (QED) is 0.567. The molecule has 24 heavy (non-hydrogen) atoms. The van der Waals surface area contributed by atoms with Crippen molar-refractivity contribution in [3.8, 4) is 0 Å². The van der Waals surface area contributed by atoms with Gasteiger partial charge in [-0.25, -0.2) is 0 Å². The van der Waals surface area contributed by atoms with Crippen LogP contribution in [0.5, 0.6) is 0 Å². The van der Waals surface area contributed by atoms with Gasteiger partial charge in [-0.2, -0.15) is 0 Å². The molecule has 0 spiro atoms. The van der Waals surface area contributed by atoms with E-state index in [0.717, 1.165) is 32.1 Å². The van der Waals surface area contributed by atoms with E-state index in [-0.39, 0.29) is 0 Å². The van der Waals surface area contributed by atoms with E-state index in [2.05, 4.69) is 58.9 Å². The highest BCUT2D eigenvalue weighted by Crippen LogP contribution is 2.43. The lowest BCUT2D eigenvalue weighted by atomic mass is 9.67. The molecule has 1 fully saturated rings. The number of guanidine groups is 1. The van der Waals surface area contributed by atoms with Crippen LogP contribution in [-0.2, 0) is 11.3 Å². The predicted molar refractivity (Wildman–Crippen MR) is 102 cm³/mol. The summed E-state index contributed by atoms with van der Waals surface area (Å²) in [5.74, 6) is 0.869. The number of ether oxygens (including phenoxy) is 1. The van der Waals surface area contributed by atoms with Gasteiger partial charge in [-0.05, 0) is 42.4 Å². The first-order chi connectivity index (χ1) is 11.6. The Bertz CT molecular complexity index is 538. The molecule has 1 aromatic carbocycles. The van der Waals surface area contributed by atoms with Gasteiger partial charge in [-0.15, -0.1) is 0 Å². The molecule has 5 heteroatoms. The molecular weight excluding hydrogens is 300 g/mol. The first-order valence-electron chi connectivity index (χ1n) is 8.78. The average molecular weight is 332 g/mol. The van der Waals surface area contributed by atoms with Crippen molar-refractivity contribution in [3.05, 3.63) is 29.8 Å². The van der Waals surface area contributed by atoms with E-state index in [1.165, 1.54) is 30.5 Å². The summed E-state index contributed by atoms with van der Waals surface area (Å²) < 4.78 is 5.26. The second-order valence-corrected chi connectivity index (χ2v) is 6.94. The second-order valence-electron chi connectivity index (χ2n) is 6.94. The molecule has 1 aliphatic rings. The molecule has 0 aromatic heterocycles. The number of nitrogens with zero attached hydrogens (tertiary/aromatic N) is 2. The molecule has 2 N–H and O–H groups in total. The molecule has 0 bridgehead atoms. The van der Waals surface area contributed by atoms with Crippen molar-refractivity contribution < 1.29 is 4.74 Å². The maximum Gasteiger partial charge on any atom is 0.191 e. The van der Waals surface area contributed by atoms with Crippen molar-refractivity contribution in [1.82, 2.24) is 10.6 Å². The Labute approximate surface area is 146 Å². The smallest absolute Gasteiger partial charge is 0.191 e. The summed E-state index contributed by atoms with van der Waals surface area (Å²) in [6.07, 6.45) is 5.02. The summed E-state index contributed by atoms with van der Waals surface area (Å²) in [5, 5.41) is 6.92. The van der Waals surface area contributed by atoms with Crippen LogP contribution in [0.4, 0.5) is 5.69 Å². The molecule has 0 saturated heterocycles. The lowest BCUT2D eigenvalue weighted by Gasteiger charge is -2.42. The second kappa shape index (κ2) is 8.92. The standard InChI is InChI=1S/C19H32N4O/c1-20-18(22-15-19(9-6-10-19)11-12-24-4)21-14-16-7-5-8-17(13-16)23(2)3/h5,7-8,13H,6,9-12,14-15H2,1-4H3,(H2,20,21,22). The van der Waals surface area contributed by atoms with Crippen LogP contribution < -0.4 is 15.5 Å². The summed E-state index contributed by atoms with van der Waals surface area (Å²) >= 11 is 0. The number of benzene rings is 1. The van der Waals surface area contributed by atoms with Crippen LogP contribution in [-0.4, -0.2) is 47.4 Å². The third-order valence-corrected chi connectivity index (χ3v) is 4.99. The Morgan fingerprint density at radius 2 is 2.08 bits per heavy atom. The molecular formula is C19H32N4O. The largest absolute Gasteiger partial charge is 0.385 e. The number of aliphatic imine (C=N–C) groups is 1. The molecule has 0 amide bonds. The summed E-state index contributed by atoms with van der Waals surface area (Å²) in [7, 11) is 7.73. The zero-order chi connectivity index (χ0) is 17.4. The Balaban J connectivity index is 1.83. The predicted octanol–water partition coefficient (Wildman–Crippen LogP) is 2.62. The highest BCUT2D eigenvalue weighted by atomic mass is 16.5. The summed E-state index contributed by atoms with van der Waals surface area (Å²) in [6, 6.07) is 8.55. The molecule has 0 unspecified atom stereocenters. The maximum atomic E-state index is 5.26. The normalized spacial score (nSPS) is 16.4. The summed E-state index contributed by atoms with van der Waals surface area (Å²) in [5.41, 5.74) is 2.85. The van der Waals surface area contributed by atoms with Gasteiger partial charge in [-0.1, -0.05) is 18.6 Å². The van der Waals surface area contributed by atoms with Gasteiger partial charge in [0, 0.05) is 53.6 Å². The number of anilines is 1. The fourth-order valence-corrected chi connectivity index (χ4v) is 3.13. The number of hydrogen-bond acceptors (Lipinski definition) is 3. The van der Waals surface area contributed by atoms with E-state index in [4.69, 9.17) is 4.74 Å². The number of methoxy groups -OCH3 is 1. The minimum Gasteiger partial charge on any atom is -0.385 e. The van der Waals surface area contributed by atoms with Gasteiger partial charge in [-0.3, -0.25) is 4.99 Å². The van der Waals surface area contributed by atoms with Crippen LogP contribution >= 0.6 is 0 Å². The van der Waals surface area contributed by atoms with E-state index < -0.39 is 0 Å². The Hall–Kier alpha value is -1.75. The maximum absolute atomic E-state index is 5.26. The van der Waals surface area contributed by atoms with Crippen molar-refractivity contribution in [1.29, 1.82) is 0 Å². The monoisotopic (exact) mass is 332 g/mol. The molecule has 0 radical (unpaired) electrons. The molecule has 2 rings (SSSR count). The minimum atomic E-state index is 0.387. The van der Waals surface area contributed by atoms with Gasteiger partial charge in [0.05, 0.1) is 0 Å². The lowest BCUT2D eigenvalue weighted by Crippen LogP contribution is -2.46. The first-order valence-corrected chi connectivity index (χ1v) is 8.78. The van der Waals surface area contributed by atoms with E-state index in [0.29, 0.717) is 5.41 Å². The fourth-order valence-electron chi connectivity index (χ4n) is 3.13. The molecule has 0 aliphatic heterocycles. The third kappa shape index (κ3) is 5.13. The summed E-state index contributed by atoms with van der Waals surface area (Å²) in [6.45, 7) is 2.57. The van der Waals surface area contributed by atoms with Crippen molar-refractivity contribution in [2.75, 3.05) is 46.3 Å². The van der Waals surface area contributed by atoms with Crippen LogP contribution in [0.15, 0.2) is 29.3 Å². The topological polar surface area (TPSA) is 48.9 Å². The van der Waals surface area contributed by atoms with Gasteiger partial charge < -0.3 is 20.3 Å². The fraction of sp³-hybridized carbons (Fsp3) is 0.632. The van der Waals surface area contributed by atoms with Gasteiger partial charge in [0.1, 0.15) is 0 Å². The van der Waals surface area contributed by atoms with E-state index in [1.807, 2.05) is 7.05 Å². The number of hydrogen-bond donors (Lipinski definition) is 2. The highest BCUT2D eigenvalue weighted by molar-refractivity contribution is 5.79. The zero-order valence-corrected chi connectivity index (χ0v) is 15.6. The molecule has 1 aromatic rings. The Morgan fingerprint density at radius 1 is 1.29 bits per heavy atom. The minimum absolute atomic E-state index is 0.387. The SMILES string of the molecule is CN=C(NCc1cccc(N(C)C)c1)NCC1(CCOC)CCC1. The van der Waals surface area contributed by atoms with Crippen molar-refractivity contribution in [2.24, 2.45) is 10.4 Å². The zero-order valence-electron chi connectivity index (χ0n) is 15.6. The van der Waals surface area contributed by atoms with Crippen molar-refractivity contribution in [2.45, 2.75) is 32.2 Å². The Morgan fingerprint density at radius 3 is 2.67 bits per heavy atom. The molecule has 1 aliphatic carbocycles. The highest BCUT2D eigenvalue weighted by Gasteiger charge is 2.36. The van der Waals surface area contributed by atoms with Crippen LogP contribution in [0.1, 0.15) is 31.2 Å². The van der Waals surface area contributed by atoms with Crippen molar-refractivity contribution in [3.63, 3.8) is 0 Å². The first kappa shape index (κ1) is 18.6. The summed E-state index contributed by atoms with van der Waals surface area (Å²) in [4.78, 5) is 6.47. The van der Waals surface area contributed by atoms with Gasteiger partial charge >= 0.3 is 0 Å². The van der Waals surface area contributed by atoms with Crippen LogP contribution in [0, 0.1) is 5.41 Å². The lowest BCUT2D eigenvalue weighted by molar-refractivity contribution is 0.0732. The number of nitrogens with one attached hydrogen (secondary N) is 2. The third-order valence-electron chi connectivity index (χ3n) is 4.99. The van der Waals surface area contributed by atoms with Gasteiger partial charge in [0.2, 0.25) is 0 Å².